The zero-order valence-corrected chi connectivity index (χ0v) is 14.6. The lowest BCUT2D eigenvalue weighted by atomic mass is 9.94. The molecule has 1 saturated heterocycles. The number of ether oxygens (including phenoxy) is 2. The predicted octanol–water partition coefficient (Wildman–Crippen LogP) is 3.61. The van der Waals surface area contributed by atoms with Gasteiger partial charge in [-0.25, -0.2) is 0 Å². The summed E-state index contributed by atoms with van der Waals surface area (Å²) >= 11 is 0. The lowest BCUT2D eigenvalue weighted by Crippen LogP contribution is -2.46. The molecule has 4 heteroatoms. The summed E-state index contributed by atoms with van der Waals surface area (Å²) in [5.74, 6) is 1.23. The number of carbonyl (C=O) groups is 1. The molecule has 0 unspecified atom stereocenters. The van der Waals surface area contributed by atoms with Gasteiger partial charge in [-0.1, -0.05) is 25.1 Å². The average Bonchev–Trinajstić information content (AvgIpc) is 2.60. The molecule has 1 amide bonds. The van der Waals surface area contributed by atoms with Crippen molar-refractivity contribution in [3.8, 4) is 5.75 Å². The number of benzene rings is 1. The van der Waals surface area contributed by atoms with Gasteiger partial charge in [0.1, 0.15) is 5.75 Å². The summed E-state index contributed by atoms with van der Waals surface area (Å²) in [4.78, 5) is 14.8. The number of carbonyl (C=O) groups excluding carboxylic acids is 1. The fourth-order valence-electron chi connectivity index (χ4n) is 3.32. The molecule has 23 heavy (non-hydrogen) atoms. The molecule has 0 saturated carbocycles. The molecular formula is C19H29NO3. The standard InChI is InChI=1S/C19H29NO3/c1-4-23-14-16-9-7-8-12-20(16)19(21)13-15(2)17-10-5-6-11-18(17)22-3/h5-6,10-11,15-16H,4,7-9,12-14H2,1-3H3/t15-,16+/m0/s1. The molecule has 0 bridgehead atoms. The number of likely N-dealkylation sites (tertiary alicyclic amines) is 1. The van der Waals surface area contributed by atoms with Gasteiger partial charge in [0, 0.05) is 19.6 Å². The van der Waals surface area contributed by atoms with Crippen LogP contribution >= 0.6 is 0 Å². The highest BCUT2D eigenvalue weighted by Crippen LogP contribution is 2.30. The smallest absolute Gasteiger partial charge is 0.223 e. The molecule has 1 fully saturated rings. The number of nitrogens with zero attached hydrogens (tertiary/aromatic N) is 1. The molecule has 2 atom stereocenters. The third kappa shape index (κ3) is 4.71. The second kappa shape index (κ2) is 8.92. The zero-order chi connectivity index (χ0) is 16.7. The summed E-state index contributed by atoms with van der Waals surface area (Å²) in [5, 5.41) is 0. The molecule has 2 rings (SSSR count). The molecule has 1 heterocycles. The van der Waals surface area contributed by atoms with Gasteiger partial charge >= 0.3 is 0 Å². The summed E-state index contributed by atoms with van der Waals surface area (Å²) in [6.45, 7) is 6.31. The van der Waals surface area contributed by atoms with Gasteiger partial charge in [-0.05, 0) is 43.7 Å². The van der Waals surface area contributed by atoms with Gasteiger partial charge < -0.3 is 14.4 Å². The molecular weight excluding hydrogens is 290 g/mol. The third-order valence-electron chi connectivity index (χ3n) is 4.61. The summed E-state index contributed by atoms with van der Waals surface area (Å²) in [5.41, 5.74) is 1.10. The van der Waals surface area contributed by atoms with E-state index in [9.17, 15) is 4.79 Å². The van der Waals surface area contributed by atoms with E-state index in [1.165, 1.54) is 6.42 Å². The third-order valence-corrected chi connectivity index (χ3v) is 4.61. The normalized spacial score (nSPS) is 19.4. The molecule has 0 aromatic heterocycles. The van der Waals surface area contributed by atoms with Crippen LogP contribution in [0.25, 0.3) is 0 Å². The van der Waals surface area contributed by atoms with Crippen LogP contribution in [0.1, 0.15) is 51.0 Å². The van der Waals surface area contributed by atoms with Gasteiger partial charge in [0.05, 0.1) is 19.8 Å². The van der Waals surface area contributed by atoms with Gasteiger partial charge in [0.2, 0.25) is 5.91 Å². The Bertz CT molecular complexity index is 503. The Labute approximate surface area is 139 Å². The van der Waals surface area contributed by atoms with Crippen molar-refractivity contribution >= 4 is 5.91 Å². The molecule has 0 N–H and O–H groups in total. The highest BCUT2D eigenvalue weighted by atomic mass is 16.5. The number of amides is 1. The minimum Gasteiger partial charge on any atom is -0.496 e. The second-order valence-electron chi connectivity index (χ2n) is 6.24. The maximum absolute atomic E-state index is 12.8. The number of hydrogen-bond donors (Lipinski definition) is 0. The first-order valence-electron chi connectivity index (χ1n) is 8.67. The highest BCUT2D eigenvalue weighted by molar-refractivity contribution is 5.77. The van der Waals surface area contributed by atoms with Gasteiger partial charge in [0.25, 0.3) is 0 Å². The fourth-order valence-corrected chi connectivity index (χ4v) is 3.32. The first-order chi connectivity index (χ1) is 11.2. The van der Waals surface area contributed by atoms with Gasteiger partial charge in [-0.3, -0.25) is 4.79 Å². The molecule has 0 radical (unpaired) electrons. The van der Waals surface area contributed by atoms with Crippen LogP contribution in [-0.2, 0) is 9.53 Å². The van der Waals surface area contributed by atoms with Crippen molar-refractivity contribution in [1.29, 1.82) is 0 Å². The van der Waals surface area contributed by atoms with Crippen molar-refractivity contribution in [3.05, 3.63) is 29.8 Å². The van der Waals surface area contributed by atoms with Crippen molar-refractivity contribution in [3.63, 3.8) is 0 Å². The topological polar surface area (TPSA) is 38.8 Å². The number of rotatable bonds is 7. The second-order valence-corrected chi connectivity index (χ2v) is 6.24. The molecule has 0 aliphatic carbocycles. The van der Waals surface area contributed by atoms with Gasteiger partial charge in [-0.15, -0.1) is 0 Å². The zero-order valence-electron chi connectivity index (χ0n) is 14.6. The Balaban J connectivity index is 2.01. The van der Waals surface area contributed by atoms with Crippen LogP contribution in [0.5, 0.6) is 5.75 Å². The lowest BCUT2D eigenvalue weighted by molar-refractivity contribution is -0.136. The summed E-state index contributed by atoms with van der Waals surface area (Å²) in [7, 11) is 1.68. The van der Waals surface area contributed by atoms with Crippen molar-refractivity contribution in [2.24, 2.45) is 0 Å². The van der Waals surface area contributed by atoms with E-state index < -0.39 is 0 Å². The molecule has 1 aliphatic heterocycles. The molecule has 1 aromatic rings. The molecule has 128 valence electrons. The quantitative estimate of drug-likeness (QED) is 0.770. The summed E-state index contributed by atoms with van der Waals surface area (Å²) < 4.78 is 11.0. The largest absolute Gasteiger partial charge is 0.496 e. The summed E-state index contributed by atoms with van der Waals surface area (Å²) in [6.07, 6.45) is 3.85. The van der Waals surface area contributed by atoms with Crippen LogP contribution in [0.3, 0.4) is 0 Å². The van der Waals surface area contributed by atoms with Crippen LogP contribution in [0.15, 0.2) is 24.3 Å². The maximum Gasteiger partial charge on any atom is 0.223 e. The number of methoxy groups -OCH3 is 1. The molecule has 4 nitrogen and oxygen atoms in total. The van der Waals surface area contributed by atoms with Gasteiger partial charge in [0.15, 0.2) is 0 Å². The van der Waals surface area contributed by atoms with E-state index in [1.807, 2.05) is 36.1 Å². The lowest BCUT2D eigenvalue weighted by Gasteiger charge is -2.36. The monoisotopic (exact) mass is 319 g/mol. The van der Waals surface area contributed by atoms with E-state index in [1.54, 1.807) is 7.11 Å². The Hall–Kier alpha value is -1.55. The molecule has 0 spiro atoms. The first kappa shape index (κ1) is 17.8. The van der Waals surface area contributed by atoms with E-state index in [0.29, 0.717) is 19.6 Å². The van der Waals surface area contributed by atoms with Crippen LogP contribution in [0.4, 0.5) is 0 Å². The maximum atomic E-state index is 12.8. The number of hydrogen-bond acceptors (Lipinski definition) is 3. The Kier molecular flexibility index (Phi) is 6.90. The minimum atomic E-state index is 0.147. The number of piperidine rings is 1. The van der Waals surface area contributed by atoms with Crippen molar-refractivity contribution in [2.75, 3.05) is 26.9 Å². The van der Waals surface area contributed by atoms with E-state index in [2.05, 4.69) is 6.92 Å². The van der Waals surface area contributed by atoms with Crippen LogP contribution in [0, 0.1) is 0 Å². The Morgan fingerprint density at radius 3 is 2.87 bits per heavy atom. The van der Waals surface area contributed by atoms with Crippen molar-refractivity contribution in [2.45, 2.75) is 51.5 Å². The van der Waals surface area contributed by atoms with Crippen molar-refractivity contribution in [1.82, 2.24) is 4.90 Å². The molecule has 1 aliphatic rings. The SMILES string of the molecule is CCOC[C@H]1CCCCN1C(=O)C[C@H](C)c1ccccc1OC. The highest BCUT2D eigenvalue weighted by Gasteiger charge is 2.28. The predicted molar refractivity (Wildman–Crippen MR) is 91.9 cm³/mol. The fraction of sp³-hybridized carbons (Fsp3) is 0.632. The van der Waals surface area contributed by atoms with Crippen LogP contribution < -0.4 is 4.74 Å². The van der Waals surface area contributed by atoms with Crippen molar-refractivity contribution < 1.29 is 14.3 Å². The van der Waals surface area contributed by atoms with Gasteiger partial charge in [-0.2, -0.15) is 0 Å². The van der Waals surface area contributed by atoms with Crippen LogP contribution in [0.2, 0.25) is 0 Å². The van der Waals surface area contributed by atoms with E-state index in [4.69, 9.17) is 9.47 Å². The van der Waals surface area contributed by atoms with E-state index >= 15 is 0 Å². The average molecular weight is 319 g/mol. The minimum absolute atomic E-state index is 0.147. The van der Waals surface area contributed by atoms with E-state index in [0.717, 1.165) is 30.7 Å². The first-order valence-corrected chi connectivity index (χ1v) is 8.67. The van der Waals surface area contributed by atoms with E-state index in [-0.39, 0.29) is 17.9 Å². The summed E-state index contributed by atoms with van der Waals surface area (Å²) in [6, 6.07) is 8.19. The van der Waals surface area contributed by atoms with Crippen LogP contribution in [-0.4, -0.2) is 43.7 Å². The number of para-hydroxylation sites is 1. The molecule has 1 aromatic carbocycles. The Morgan fingerprint density at radius 1 is 1.35 bits per heavy atom. The Morgan fingerprint density at radius 2 is 2.13 bits per heavy atom.